The molecule has 0 unspecified atom stereocenters. The molecule has 0 radical (unpaired) electrons. The van der Waals surface area contributed by atoms with E-state index in [9.17, 15) is 68.1 Å². The highest BCUT2D eigenvalue weighted by atomic mass is 16.4. The number of benzene rings is 1. The van der Waals surface area contributed by atoms with Crippen molar-refractivity contribution in [3.63, 3.8) is 0 Å². The van der Waals surface area contributed by atoms with Crippen LogP contribution in [0.3, 0.4) is 0 Å². The van der Waals surface area contributed by atoms with Crippen LogP contribution >= 0.6 is 0 Å². The molecule has 0 bridgehead atoms. The third-order valence-electron chi connectivity index (χ3n) is 11.8. The summed E-state index contributed by atoms with van der Waals surface area (Å²) < 4.78 is 0. The maximum absolute atomic E-state index is 13.9. The van der Waals surface area contributed by atoms with E-state index in [1.54, 1.807) is 52.0 Å². The highest BCUT2D eigenvalue weighted by Crippen LogP contribution is 2.13. The van der Waals surface area contributed by atoms with E-state index < -0.39 is 157 Å². The third kappa shape index (κ3) is 24.8. The summed E-state index contributed by atoms with van der Waals surface area (Å²) in [6, 6.07) is -1.75. The predicted octanol–water partition coefficient (Wildman–Crippen LogP) is -3.51. The molecule has 0 saturated heterocycles. The number of amides is 9. The van der Waals surface area contributed by atoms with E-state index >= 15 is 0 Å². The number of nitrogens with two attached hydrogens (primary N) is 3. The van der Waals surface area contributed by atoms with Crippen molar-refractivity contribution in [2.24, 2.45) is 29.0 Å². The highest BCUT2D eigenvalue weighted by Gasteiger charge is 2.36. The second-order valence-electron chi connectivity index (χ2n) is 18.4. The number of hydrogen-bond acceptors (Lipinski definition) is 15. The van der Waals surface area contributed by atoms with Gasteiger partial charge < -0.3 is 80.4 Å². The van der Waals surface area contributed by atoms with Crippen LogP contribution < -0.4 is 65.1 Å². The normalized spacial score (nSPS) is 15.1. The maximum atomic E-state index is 13.9. The molecule has 10 atom stereocenters. The Morgan fingerprint density at radius 3 is 1.51 bits per heavy atom. The molecule has 26 nitrogen and oxygen atoms in total. The lowest BCUT2D eigenvalue weighted by Crippen LogP contribution is -2.61. The van der Waals surface area contributed by atoms with Crippen LogP contribution in [-0.4, -0.2) is 161 Å². The first kappa shape index (κ1) is 65.2. The molecule has 26 heteroatoms. The zero-order chi connectivity index (χ0) is 56.1. The molecule has 0 aliphatic carbocycles. The summed E-state index contributed by atoms with van der Waals surface area (Å²) in [7, 11) is 0. The lowest BCUT2D eigenvalue weighted by molar-refractivity contribution is -0.143. The van der Waals surface area contributed by atoms with Crippen LogP contribution in [0.15, 0.2) is 30.3 Å². The van der Waals surface area contributed by atoms with Gasteiger partial charge in [-0.3, -0.25) is 47.9 Å². The first-order chi connectivity index (χ1) is 34.9. The van der Waals surface area contributed by atoms with E-state index in [0.717, 1.165) is 5.56 Å². The second-order valence-corrected chi connectivity index (χ2v) is 18.4. The van der Waals surface area contributed by atoms with Gasteiger partial charge in [0.15, 0.2) is 0 Å². The summed E-state index contributed by atoms with van der Waals surface area (Å²) in [4.78, 5) is 143. The van der Waals surface area contributed by atoms with Crippen LogP contribution in [-0.2, 0) is 59.2 Å². The molecular formula is C48H80N12O14. The lowest BCUT2D eigenvalue weighted by atomic mass is 9.96. The van der Waals surface area contributed by atoms with E-state index in [-0.39, 0.29) is 32.2 Å². The van der Waals surface area contributed by atoms with Gasteiger partial charge >= 0.3 is 11.9 Å². The predicted molar refractivity (Wildman–Crippen MR) is 270 cm³/mol. The zero-order valence-electron chi connectivity index (χ0n) is 43.2. The fourth-order valence-corrected chi connectivity index (χ4v) is 7.14. The maximum Gasteiger partial charge on any atom is 0.326 e. The van der Waals surface area contributed by atoms with Crippen LogP contribution in [0, 0.1) is 11.8 Å². The first-order valence-corrected chi connectivity index (χ1v) is 24.8. The Morgan fingerprint density at radius 1 is 0.541 bits per heavy atom. The fourth-order valence-electron chi connectivity index (χ4n) is 7.14. The number of aliphatic hydroxyl groups excluding tert-OH is 1. The Bertz CT molecular complexity index is 2030. The van der Waals surface area contributed by atoms with Crippen LogP contribution in [0.4, 0.5) is 0 Å². The van der Waals surface area contributed by atoms with Crippen molar-refractivity contribution >= 4 is 65.1 Å². The quantitative estimate of drug-likeness (QED) is 0.0290. The SMILES string of the molecule is CC[C@H](C)[C@H](NC(=O)[C@H](CCC(=O)O)NC(=O)[C@@H](NC(=O)[C@H](CCCCN)NC(=O)[C@@H](NC(=O)CNC(=O)[C@H](C)NC(=O)CNC(=O)[C@@H](N)Cc1ccccc1)[C@@H](C)O)C(C)C)C(=O)N[C@@H](CCCCN)C(=O)O. The summed E-state index contributed by atoms with van der Waals surface area (Å²) in [6.45, 7) is 8.31. The fraction of sp³-hybridized carbons (Fsp3) is 0.646. The van der Waals surface area contributed by atoms with Gasteiger partial charge in [0.05, 0.1) is 25.2 Å². The molecule has 0 saturated carbocycles. The summed E-state index contributed by atoms with van der Waals surface area (Å²) in [6.07, 6.45) is -0.389. The number of rotatable bonds is 36. The number of aliphatic hydroxyl groups is 1. The number of hydrogen-bond donors (Lipinski definition) is 15. The van der Waals surface area contributed by atoms with Gasteiger partial charge in [-0.2, -0.15) is 0 Å². The van der Waals surface area contributed by atoms with Crippen LogP contribution in [0.1, 0.15) is 105 Å². The third-order valence-corrected chi connectivity index (χ3v) is 11.8. The van der Waals surface area contributed by atoms with Crippen molar-refractivity contribution in [3.8, 4) is 0 Å². The van der Waals surface area contributed by atoms with E-state index in [1.165, 1.54) is 13.8 Å². The smallest absolute Gasteiger partial charge is 0.326 e. The first-order valence-electron chi connectivity index (χ1n) is 24.8. The van der Waals surface area contributed by atoms with Crippen molar-refractivity contribution < 1.29 is 68.1 Å². The molecule has 0 aliphatic heterocycles. The van der Waals surface area contributed by atoms with Gasteiger partial charge in [0.2, 0.25) is 53.2 Å². The molecule has 1 rings (SSSR count). The van der Waals surface area contributed by atoms with E-state index in [4.69, 9.17) is 17.2 Å². The monoisotopic (exact) mass is 1050 g/mol. The van der Waals surface area contributed by atoms with E-state index in [0.29, 0.717) is 32.2 Å². The molecule has 0 heterocycles. The minimum absolute atomic E-state index is 0.0377. The second kappa shape index (κ2) is 34.6. The molecule has 0 fully saturated rings. The number of carbonyl (C=O) groups is 11. The van der Waals surface area contributed by atoms with Gasteiger partial charge in [0.1, 0.15) is 42.3 Å². The van der Waals surface area contributed by atoms with Crippen molar-refractivity contribution in [2.45, 2.75) is 160 Å². The van der Waals surface area contributed by atoms with Gasteiger partial charge in [-0.15, -0.1) is 0 Å². The molecule has 18 N–H and O–H groups in total. The number of carbonyl (C=O) groups excluding carboxylic acids is 9. The number of unbranched alkanes of at least 4 members (excludes halogenated alkanes) is 2. The van der Waals surface area contributed by atoms with Gasteiger partial charge in [-0.25, -0.2) is 4.79 Å². The zero-order valence-corrected chi connectivity index (χ0v) is 43.2. The van der Waals surface area contributed by atoms with Crippen molar-refractivity contribution in [2.75, 3.05) is 26.2 Å². The minimum atomic E-state index is -1.68. The van der Waals surface area contributed by atoms with Crippen molar-refractivity contribution in [3.05, 3.63) is 35.9 Å². The molecule has 0 spiro atoms. The Balaban J connectivity index is 3.10. The molecular weight excluding hydrogens is 969 g/mol. The molecule has 416 valence electrons. The Kier molecular flexibility index (Phi) is 30.5. The summed E-state index contributed by atoms with van der Waals surface area (Å²) in [5.41, 5.74) is 18.0. The molecule has 1 aromatic rings. The summed E-state index contributed by atoms with van der Waals surface area (Å²) >= 11 is 0. The van der Waals surface area contributed by atoms with Gasteiger partial charge in [0.25, 0.3) is 0 Å². The van der Waals surface area contributed by atoms with Crippen molar-refractivity contribution in [1.82, 2.24) is 47.9 Å². The molecule has 0 aliphatic rings. The molecule has 74 heavy (non-hydrogen) atoms. The van der Waals surface area contributed by atoms with Gasteiger partial charge in [-0.05, 0) is 95.7 Å². The van der Waals surface area contributed by atoms with E-state index in [2.05, 4.69) is 47.9 Å². The Hall–Kier alpha value is -6.77. The largest absolute Gasteiger partial charge is 0.481 e. The van der Waals surface area contributed by atoms with Crippen LogP contribution in [0.5, 0.6) is 0 Å². The number of nitrogens with one attached hydrogen (secondary N) is 9. The number of carboxylic acid groups (broad SMARTS) is 2. The highest BCUT2D eigenvalue weighted by molar-refractivity contribution is 5.98. The standard InChI is InChI=1S/C48H80N12O14/c1-7-27(4)39(46(71)57-34(48(73)74)18-12-14-22-50)60-44(69)33(19-20-37(64)65)56-45(70)38(26(2)3)59-43(68)32(17-11-13-21-49)55-47(72)40(29(6)61)58-36(63)25-52-41(66)28(5)54-35(62)24-53-42(67)31(51)23-30-15-9-8-10-16-30/h8-10,15-16,26-29,31-34,38-40,61H,7,11-14,17-25,49-51H2,1-6H3,(H,52,66)(H,53,67)(H,54,62)(H,55,72)(H,56,70)(H,57,71)(H,58,63)(H,59,68)(H,60,69)(H,64,65)(H,73,74)/t27-,28-,29+,31-,32-,33-,34-,38-,39-,40-/m0/s1. The Morgan fingerprint density at radius 2 is 1.01 bits per heavy atom. The van der Waals surface area contributed by atoms with Crippen molar-refractivity contribution in [1.29, 1.82) is 0 Å². The topological polar surface area (TPSA) is 435 Å². The molecule has 1 aromatic carbocycles. The summed E-state index contributed by atoms with van der Waals surface area (Å²) in [5.74, 6) is -11.5. The Labute approximate surface area is 431 Å². The average Bonchev–Trinajstić information content (AvgIpc) is 3.34. The van der Waals surface area contributed by atoms with Gasteiger partial charge in [0, 0.05) is 6.42 Å². The van der Waals surface area contributed by atoms with Crippen LogP contribution in [0.2, 0.25) is 0 Å². The van der Waals surface area contributed by atoms with Crippen LogP contribution in [0.25, 0.3) is 0 Å². The summed E-state index contributed by atoms with van der Waals surface area (Å²) in [5, 5.41) is 51.6. The van der Waals surface area contributed by atoms with E-state index in [1.807, 2.05) is 6.07 Å². The number of aliphatic carboxylic acids is 2. The molecule has 0 aromatic heterocycles. The van der Waals surface area contributed by atoms with Gasteiger partial charge in [-0.1, -0.05) is 64.4 Å². The minimum Gasteiger partial charge on any atom is -0.481 e. The lowest BCUT2D eigenvalue weighted by Gasteiger charge is -2.30. The number of carboxylic acids is 2. The molecule has 9 amide bonds. The average molecular weight is 1050 g/mol.